The van der Waals surface area contributed by atoms with E-state index in [-0.39, 0.29) is 19.6 Å². The Kier molecular flexibility index (Phi) is 4.59. The van der Waals surface area contributed by atoms with Gasteiger partial charge in [0.1, 0.15) is 5.01 Å². The lowest BCUT2D eigenvalue weighted by atomic mass is 10.4. The molecule has 0 aliphatic heterocycles. The number of amides is 2. The quantitative estimate of drug-likeness (QED) is 0.680. The number of aromatic nitrogens is 2. The van der Waals surface area contributed by atoms with Crippen molar-refractivity contribution in [1.29, 1.82) is 0 Å². The lowest BCUT2D eigenvalue weighted by Crippen LogP contribution is -2.39. The van der Waals surface area contributed by atoms with Gasteiger partial charge < -0.3 is 11.5 Å². The molecular weight excluding hydrogens is 254 g/mol. The summed E-state index contributed by atoms with van der Waals surface area (Å²) in [4.78, 5) is 23.0. The molecule has 0 atom stereocenters. The Bertz CT molecular complexity index is 380. The monoisotopic (exact) mass is 263 g/mol. The summed E-state index contributed by atoms with van der Waals surface area (Å²) in [6.07, 6.45) is 0. The zero-order valence-electron chi connectivity index (χ0n) is 8.22. The molecule has 0 radical (unpaired) electrons. The maximum Gasteiger partial charge on any atom is 0.231 e. The van der Waals surface area contributed by atoms with Crippen LogP contribution in [-0.2, 0) is 16.1 Å². The second-order valence-electron chi connectivity index (χ2n) is 3.03. The van der Waals surface area contributed by atoms with Gasteiger partial charge in [0.15, 0.2) is 0 Å². The Hall–Kier alpha value is -1.25. The van der Waals surface area contributed by atoms with Gasteiger partial charge in [0.05, 0.1) is 19.6 Å². The van der Waals surface area contributed by atoms with Crippen LogP contribution in [0.4, 0.5) is 0 Å². The van der Waals surface area contributed by atoms with Gasteiger partial charge in [-0.05, 0) is 11.6 Å². The van der Waals surface area contributed by atoms with Gasteiger partial charge in [-0.3, -0.25) is 14.5 Å². The molecular formula is C7H10ClN5O2S. The van der Waals surface area contributed by atoms with E-state index in [1.807, 2.05) is 0 Å². The summed E-state index contributed by atoms with van der Waals surface area (Å²) < 4.78 is 0.299. The van der Waals surface area contributed by atoms with Gasteiger partial charge >= 0.3 is 0 Å². The first-order valence-electron chi connectivity index (χ1n) is 4.24. The number of hydrogen-bond acceptors (Lipinski definition) is 6. The van der Waals surface area contributed by atoms with Crippen LogP contribution >= 0.6 is 22.9 Å². The third-order valence-electron chi connectivity index (χ3n) is 1.56. The number of carbonyl (C=O) groups excluding carboxylic acids is 2. The van der Waals surface area contributed by atoms with Crippen LogP contribution in [0.1, 0.15) is 5.01 Å². The fourth-order valence-corrected chi connectivity index (χ4v) is 2.01. The first-order chi connectivity index (χ1) is 7.47. The fraction of sp³-hybridized carbons (Fsp3) is 0.429. The molecule has 0 spiro atoms. The highest BCUT2D eigenvalue weighted by molar-refractivity contribution is 7.15. The Morgan fingerprint density at radius 1 is 1.25 bits per heavy atom. The van der Waals surface area contributed by atoms with E-state index in [0.717, 1.165) is 0 Å². The van der Waals surface area contributed by atoms with E-state index >= 15 is 0 Å². The summed E-state index contributed by atoms with van der Waals surface area (Å²) in [5.41, 5.74) is 10.1. The molecule has 0 saturated carbocycles. The number of halogens is 1. The number of nitrogens with two attached hydrogens (primary N) is 2. The first-order valence-corrected chi connectivity index (χ1v) is 5.43. The molecule has 9 heteroatoms. The molecule has 0 unspecified atom stereocenters. The lowest BCUT2D eigenvalue weighted by molar-refractivity contribution is -0.122. The highest BCUT2D eigenvalue weighted by atomic mass is 35.5. The zero-order valence-corrected chi connectivity index (χ0v) is 9.79. The van der Waals surface area contributed by atoms with Crippen molar-refractivity contribution in [2.45, 2.75) is 6.54 Å². The predicted molar refractivity (Wildman–Crippen MR) is 58.6 cm³/mol. The summed E-state index contributed by atoms with van der Waals surface area (Å²) in [7, 11) is 0. The van der Waals surface area contributed by atoms with Crippen LogP contribution < -0.4 is 11.5 Å². The molecule has 4 N–H and O–H groups in total. The van der Waals surface area contributed by atoms with Crippen LogP contribution in [-0.4, -0.2) is 40.0 Å². The van der Waals surface area contributed by atoms with Gasteiger partial charge in [-0.15, -0.1) is 10.2 Å². The number of rotatable bonds is 6. The summed E-state index contributed by atoms with van der Waals surface area (Å²) in [6.45, 7) is 0.122. The summed E-state index contributed by atoms with van der Waals surface area (Å²) >= 11 is 6.77. The molecule has 0 aliphatic carbocycles. The van der Waals surface area contributed by atoms with Crippen molar-refractivity contribution >= 4 is 34.8 Å². The lowest BCUT2D eigenvalue weighted by Gasteiger charge is -2.16. The molecule has 7 nitrogen and oxygen atoms in total. The topological polar surface area (TPSA) is 115 Å². The predicted octanol–water partition coefficient (Wildman–Crippen LogP) is -1.04. The minimum absolute atomic E-state index is 0.0693. The molecule has 1 rings (SSSR count). The molecule has 0 aliphatic rings. The zero-order chi connectivity index (χ0) is 12.1. The molecule has 1 aromatic heterocycles. The Morgan fingerprint density at radius 3 is 2.19 bits per heavy atom. The summed E-state index contributed by atoms with van der Waals surface area (Å²) in [6, 6.07) is 0. The second kappa shape index (κ2) is 5.73. The highest BCUT2D eigenvalue weighted by Crippen LogP contribution is 2.16. The van der Waals surface area contributed by atoms with Gasteiger partial charge in [0.2, 0.25) is 16.3 Å². The van der Waals surface area contributed by atoms with Gasteiger partial charge in [-0.2, -0.15) is 0 Å². The van der Waals surface area contributed by atoms with Crippen LogP contribution in [0.5, 0.6) is 0 Å². The van der Waals surface area contributed by atoms with Crippen molar-refractivity contribution in [3.8, 4) is 0 Å². The van der Waals surface area contributed by atoms with E-state index in [0.29, 0.717) is 9.47 Å². The van der Waals surface area contributed by atoms with Crippen LogP contribution in [0.25, 0.3) is 0 Å². The third kappa shape index (κ3) is 4.51. The van der Waals surface area contributed by atoms with Gasteiger partial charge in [0.25, 0.3) is 0 Å². The van der Waals surface area contributed by atoms with Crippen molar-refractivity contribution in [2.75, 3.05) is 13.1 Å². The van der Waals surface area contributed by atoms with Crippen molar-refractivity contribution < 1.29 is 9.59 Å². The van der Waals surface area contributed by atoms with E-state index < -0.39 is 11.8 Å². The summed E-state index contributed by atoms with van der Waals surface area (Å²) in [5.74, 6) is -1.09. The largest absolute Gasteiger partial charge is 0.369 e. The second-order valence-corrected chi connectivity index (χ2v) is 4.67. The SMILES string of the molecule is NC(=O)CN(CC(N)=O)Cc1nnc(Cl)s1. The van der Waals surface area contributed by atoms with E-state index in [1.165, 1.54) is 16.2 Å². The normalized spacial score (nSPS) is 10.6. The van der Waals surface area contributed by atoms with Crippen LogP contribution in [0, 0.1) is 0 Å². The molecule has 0 bridgehead atoms. The average molecular weight is 264 g/mol. The number of hydrogen-bond donors (Lipinski definition) is 2. The molecule has 1 aromatic rings. The maximum absolute atomic E-state index is 10.8. The molecule has 2 amide bonds. The van der Waals surface area contributed by atoms with Crippen LogP contribution in [0.15, 0.2) is 0 Å². The van der Waals surface area contributed by atoms with Gasteiger partial charge in [0, 0.05) is 0 Å². The third-order valence-corrected chi connectivity index (χ3v) is 2.56. The van der Waals surface area contributed by atoms with Crippen LogP contribution in [0.3, 0.4) is 0 Å². The molecule has 1 heterocycles. The van der Waals surface area contributed by atoms with Crippen molar-refractivity contribution in [2.24, 2.45) is 11.5 Å². The Labute approximate surface area is 100 Å². The van der Waals surface area contributed by atoms with Gasteiger partial charge in [-0.1, -0.05) is 11.3 Å². The molecule has 0 fully saturated rings. The minimum atomic E-state index is -0.545. The maximum atomic E-state index is 10.8. The Balaban J connectivity index is 2.62. The average Bonchev–Trinajstić information content (AvgIpc) is 2.48. The minimum Gasteiger partial charge on any atom is -0.369 e. The number of primary amides is 2. The van der Waals surface area contributed by atoms with E-state index in [9.17, 15) is 9.59 Å². The Morgan fingerprint density at radius 2 is 1.81 bits per heavy atom. The van der Waals surface area contributed by atoms with E-state index in [1.54, 1.807) is 0 Å². The summed E-state index contributed by atoms with van der Waals surface area (Å²) in [5, 5.41) is 7.95. The van der Waals surface area contributed by atoms with Crippen molar-refractivity contribution in [3.63, 3.8) is 0 Å². The van der Waals surface area contributed by atoms with Crippen molar-refractivity contribution in [1.82, 2.24) is 15.1 Å². The smallest absolute Gasteiger partial charge is 0.231 e. The number of carbonyl (C=O) groups is 2. The standard InChI is InChI=1S/C7H10ClN5O2S/c8-7-12-11-6(16-7)3-13(1-4(9)14)2-5(10)15/h1-3H2,(H2,9,14)(H2,10,15). The van der Waals surface area contributed by atoms with E-state index in [4.69, 9.17) is 23.1 Å². The first kappa shape index (κ1) is 12.8. The van der Waals surface area contributed by atoms with E-state index in [2.05, 4.69) is 10.2 Å². The molecule has 0 saturated heterocycles. The molecule has 88 valence electrons. The molecule has 0 aromatic carbocycles. The van der Waals surface area contributed by atoms with Crippen LogP contribution in [0.2, 0.25) is 4.47 Å². The highest BCUT2D eigenvalue weighted by Gasteiger charge is 2.14. The molecule has 16 heavy (non-hydrogen) atoms. The van der Waals surface area contributed by atoms with Gasteiger partial charge in [-0.25, -0.2) is 0 Å². The van der Waals surface area contributed by atoms with Crippen molar-refractivity contribution in [3.05, 3.63) is 9.47 Å². The number of nitrogens with zero attached hydrogens (tertiary/aromatic N) is 3. The fourth-order valence-electron chi connectivity index (χ4n) is 1.10.